The molecule has 1 N–H and O–H groups in total. The van der Waals surface area contributed by atoms with Gasteiger partial charge < -0.3 is 5.32 Å². The normalized spacial score (nSPS) is 10.1. The molecule has 14 heavy (non-hydrogen) atoms. The molecule has 0 aliphatic rings. The van der Waals surface area contributed by atoms with E-state index in [4.69, 9.17) is 0 Å². The number of nitrogens with one attached hydrogen (secondary N) is 1. The quantitative estimate of drug-likeness (QED) is 0.836. The van der Waals surface area contributed by atoms with E-state index in [-0.39, 0.29) is 0 Å². The summed E-state index contributed by atoms with van der Waals surface area (Å²) >= 11 is 1.64. The lowest BCUT2D eigenvalue weighted by molar-refractivity contribution is 1.10. The Labute approximate surface area is 86.8 Å². The van der Waals surface area contributed by atoms with Crippen LogP contribution < -0.4 is 5.32 Å². The Morgan fingerprint density at radius 3 is 3.07 bits per heavy atom. The van der Waals surface area contributed by atoms with E-state index in [9.17, 15) is 0 Å². The number of thiazole rings is 1. The Bertz CT molecular complexity index is 398. The Morgan fingerprint density at radius 2 is 2.36 bits per heavy atom. The second-order valence-corrected chi connectivity index (χ2v) is 3.96. The van der Waals surface area contributed by atoms with E-state index >= 15 is 0 Å². The van der Waals surface area contributed by atoms with Crippen LogP contribution in [0.15, 0.2) is 29.9 Å². The van der Waals surface area contributed by atoms with Crippen molar-refractivity contribution in [3.8, 4) is 0 Å². The second kappa shape index (κ2) is 4.19. The average molecular weight is 205 g/mol. The molecule has 0 aliphatic heterocycles. The topological polar surface area (TPSA) is 37.8 Å². The fourth-order valence-electron chi connectivity index (χ4n) is 1.15. The number of rotatable bonds is 3. The third kappa shape index (κ3) is 2.29. The molecule has 0 radical (unpaired) electrons. The molecule has 2 heterocycles. The zero-order chi connectivity index (χ0) is 9.80. The molecule has 0 unspecified atom stereocenters. The molecule has 0 bridgehead atoms. The predicted molar refractivity (Wildman–Crippen MR) is 58.4 cm³/mol. The van der Waals surface area contributed by atoms with Gasteiger partial charge in [-0.3, -0.25) is 4.98 Å². The Morgan fingerprint density at radius 1 is 1.43 bits per heavy atom. The van der Waals surface area contributed by atoms with Crippen molar-refractivity contribution < 1.29 is 0 Å². The van der Waals surface area contributed by atoms with Gasteiger partial charge in [0, 0.05) is 16.8 Å². The van der Waals surface area contributed by atoms with Crippen molar-refractivity contribution in [1.82, 2.24) is 9.97 Å². The number of aryl methyl sites for hydroxylation is 1. The minimum absolute atomic E-state index is 0.793. The van der Waals surface area contributed by atoms with Crippen molar-refractivity contribution in [2.45, 2.75) is 13.5 Å². The van der Waals surface area contributed by atoms with Crippen LogP contribution in [-0.4, -0.2) is 9.97 Å². The van der Waals surface area contributed by atoms with Crippen LogP contribution in [0.3, 0.4) is 0 Å². The average Bonchev–Trinajstić information content (AvgIpc) is 2.67. The molecule has 0 saturated carbocycles. The van der Waals surface area contributed by atoms with Crippen LogP contribution in [0.4, 0.5) is 5.82 Å². The van der Waals surface area contributed by atoms with Gasteiger partial charge in [-0.25, -0.2) is 4.98 Å². The molecule has 2 aromatic rings. The maximum atomic E-state index is 4.35. The van der Waals surface area contributed by atoms with Crippen molar-refractivity contribution in [3.63, 3.8) is 0 Å². The van der Waals surface area contributed by atoms with Crippen molar-refractivity contribution >= 4 is 17.2 Å². The van der Waals surface area contributed by atoms with E-state index in [0.717, 1.165) is 18.1 Å². The molecule has 3 nitrogen and oxygen atoms in total. The highest BCUT2D eigenvalue weighted by Crippen LogP contribution is 2.09. The lowest BCUT2D eigenvalue weighted by atomic mass is 10.4. The fourth-order valence-corrected chi connectivity index (χ4v) is 1.68. The number of hydrogen-bond donors (Lipinski definition) is 1. The summed E-state index contributed by atoms with van der Waals surface area (Å²) in [5.74, 6) is 0.915. The summed E-state index contributed by atoms with van der Waals surface area (Å²) in [4.78, 5) is 9.57. The Hall–Kier alpha value is -1.42. The van der Waals surface area contributed by atoms with Crippen LogP contribution in [0, 0.1) is 6.92 Å². The standard InChI is InChI=1S/C10H11N3S/c1-8-3-2-4-10(13-8)12-6-9-5-11-7-14-9/h2-5,7H,6H2,1H3,(H,12,13). The highest BCUT2D eigenvalue weighted by Gasteiger charge is 1.96. The molecule has 0 amide bonds. The largest absolute Gasteiger partial charge is 0.365 e. The molecule has 0 aliphatic carbocycles. The molecular formula is C10H11N3S. The number of nitrogens with zero attached hydrogens (tertiary/aromatic N) is 2. The van der Waals surface area contributed by atoms with Crippen molar-refractivity contribution in [2.75, 3.05) is 5.32 Å². The Kier molecular flexibility index (Phi) is 2.74. The molecule has 72 valence electrons. The summed E-state index contributed by atoms with van der Waals surface area (Å²) < 4.78 is 0. The zero-order valence-corrected chi connectivity index (χ0v) is 8.71. The van der Waals surface area contributed by atoms with Gasteiger partial charge in [0.05, 0.1) is 12.1 Å². The van der Waals surface area contributed by atoms with Crippen LogP contribution in [0.2, 0.25) is 0 Å². The molecule has 0 atom stereocenters. The van der Waals surface area contributed by atoms with Gasteiger partial charge in [-0.1, -0.05) is 6.07 Å². The van der Waals surface area contributed by atoms with Crippen LogP contribution in [-0.2, 0) is 6.54 Å². The van der Waals surface area contributed by atoms with Gasteiger partial charge in [0.25, 0.3) is 0 Å². The smallest absolute Gasteiger partial charge is 0.126 e. The van der Waals surface area contributed by atoms with Crippen LogP contribution in [0.5, 0.6) is 0 Å². The Balaban J connectivity index is 1.98. The molecule has 0 fully saturated rings. The van der Waals surface area contributed by atoms with Gasteiger partial charge in [-0.2, -0.15) is 0 Å². The summed E-state index contributed by atoms with van der Waals surface area (Å²) in [6, 6.07) is 5.95. The first-order valence-electron chi connectivity index (χ1n) is 4.39. The first-order valence-corrected chi connectivity index (χ1v) is 5.27. The first kappa shape index (κ1) is 9.15. The summed E-state index contributed by atoms with van der Waals surface area (Å²) in [6.45, 7) is 2.78. The minimum Gasteiger partial charge on any atom is -0.365 e. The minimum atomic E-state index is 0.793. The first-order chi connectivity index (χ1) is 6.84. The van der Waals surface area contributed by atoms with Crippen molar-refractivity contribution in [1.29, 1.82) is 0 Å². The fraction of sp³-hybridized carbons (Fsp3) is 0.200. The summed E-state index contributed by atoms with van der Waals surface area (Å²) in [6.07, 6.45) is 1.87. The van der Waals surface area contributed by atoms with E-state index in [1.165, 1.54) is 4.88 Å². The van der Waals surface area contributed by atoms with Gasteiger partial charge >= 0.3 is 0 Å². The highest BCUT2D eigenvalue weighted by atomic mass is 32.1. The van der Waals surface area contributed by atoms with Crippen LogP contribution in [0.25, 0.3) is 0 Å². The molecule has 0 saturated heterocycles. The van der Waals surface area contributed by atoms with E-state index in [2.05, 4.69) is 15.3 Å². The van der Waals surface area contributed by atoms with Gasteiger partial charge in [0.2, 0.25) is 0 Å². The summed E-state index contributed by atoms with van der Waals surface area (Å²) in [5, 5.41) is 3.25. The lowest BCUT2D eigenvalue weighted by Gasteiger charge is -2.03. The molecule has 4 heteroatoms. The third-order valence-electron chi connectivity index (χ3n) is 1.82. The van der Waals surface area contributed by atoms with Gasteiger partial charge in [-0.05, 0) is 19.1 Å². The molecular weight excluding hydrogens is 194 g/mol. The van der Waals surface area contributed by atoms with Gasteiger partial charge in [0.15, 0.2) is 0 Å². The maximum Gasteiger partial charge on any atom is 0.126 e. The molecule has 0 aromatic carbocycles. The van der Waals surface area contributed by atoms with E-state index in [1.807, 2.05) is 36.8 Å². The van der Waals surface area contributed by atoms with Crippen molar-refractivity contribution in [3.05, 3.63) is 40.5 Å². The van der Waals surface area contributed by atoms with E-state index in [1.54, 1.807) is 11.3 Å². The van der Waals surface area contributed by atoms with Crippen LogP contribution >= 0.6 is 11.3 Å². The van der Waals surface area contributed by atoms with Crippen LogP contribution in [0.1, 0.15) is 10.6 Å². The van der Waals surface area contributed by atoms with Gasteiger partial charge in [-0.15, -0.1) is 11.3 Å². The molecule has 0 spiro atoms. The SMILES string of the molecule is Cc1cccc(NCc2cncs2)n1. The third-order valence-corrected chi connectivity index (χ3v) is 2.60. The lowest BCUT2D eigenvalue weighted by Crippen LogP contribution is -1.99. The second-order valence-electron chi connectivity index (χ2n) is 2.99. The maximum absolute atomic E-state index is 4.35. The van der Waals surface area contributed by atoms with Gasteiger partial charge in [0.1, 0.15) is 5.82 Å². The van der Waals surface area contributed by atoms with Crippen molar-refractivity contribution in [2.24, 2.45) is 0 Å². The number of hydrogen-bond acceptors (Lipinski definition) is 4. The zero-order valence-electron chi connectivity index (χ0n) is 7.90. The van der Waals surface area contributed by atoms with E-state index in [0.29, 0.717) is 0 Å². The summed E-state index contributed by atoms with van der Waals surface area (Å²) in [7, 11) is 0. The van der Waals surface area contributed by atoms with E-state index < -0.39 is 0 Å². The monoisotopic (exact) mass is 205 g/mol. The summed E-state index contributed by atoms with van der Waals surface area (Å²) in [5.41, 5.74) is 2.86. The molecule has 2 aromatic heterocycles. The number of aromatic nitrogens is 2. The number of pyridine rings is 1. The highest BCUT2D eigenvalue weighted by molar-refractivity contribution is 7.09. The number of anilines is 1. The predicted octanol–water partition coefficient (Wildman–Crippen LogP) is 2.46. The molecule has 2 rings (SSSR count).